The Morgan fingerprint density at radius 3 is 2.62 bits per heavy atom. The lowest BCUT2D eigenvalue weighted by atomic mass is 10.1. The summed E-state index contributed by atoms with van der Waals surface area (Å²) in [6.07, 6.45) is 3.07. The SMILES string of the molecule is CCCCC#CC#CC(=O)c1ccccc1. The average Bonchev–Trinajstić information content (AvgIpc) is 2.34. The minimum atomic E-state index is -0.176. The number of unbranched alkanes of at least 4 members (excludes halogenated alkanes) is 2. The lowest BCUT2D eigenvalue weighted by molar-refractivity contribution is 0.105. The monoisotopic (exact) mass is 210 g/mol. The first-order valence-corrected chi connectivity index (χ1v) is 5.43. The summed E-state index contributed by atoms with van der Waals surface area (Å²) >= 11 is 0. The number of hydrogen-bond acceptors (Lipinski definition) is 1. The van der Waals surface area contributed by atoms with Crippen LogP contribution in [0.5, 0.6) is 0 Å². The van der Waals surface area contributed by atoms with Crippen molar-refractivity contribution >= 4 is 5.78 Å². The van der Waals surface area contributed by atoms with Gasteiger partial charge in [0.2, 0.25) is 5.78 Å². The van der Waals surface area contributed by atoms with E-state index in [2.05, 4.69) is 30.6 Å². The molecule has 1 aromatic rings. The molecule has 0 spiro atoms. The van der Waals surface area contributed by atoms with Gasteiger partial charge in [0, 0.05) is 12.0 Å². The molecule has 0 aliphatic heterocycles. The number of carbonyl (C=O) groups excluding carboxylic acids is 1. The minimum absolute atomic E-state index is 0.176. The van der Waals surface area contributed by atoms with Crippen molar-refractivity contribution in [3.05, 3.63) is 35.9 Å². The van der Waals surface area contributed by atoms with Gasteiger partial charge in [0.1, 0.15) is 0 Å². The molecule has 0 aromatic heterocycles. The number of benzene rings is 1. The van der Waals surface area contributed by atoms with E-state index >= 15 is 0 Å². The van der Waals surface area contributed by atoms with E-state index in [9.17, 15) is 4.79 Å². The predicted octanol–water partition coefficient (Wildman–Crippen LogP) is 3.07. The Labute approximate surface area is 96.9 Å². The van der Waals surface area contributed by atoms with Gasteiger partial charge in [-0.25, -0.2) is 0 Å². The highest BCUT2D eigenvalue weighted by molar-refractivity contribution is 6.09. The third-order valence-corrected chi connectivity index (χ3v) is 2.02. The van der Waals surface area contributed by atoms with Crippen LogP contribution in [0.1, 0.15) is 36.5 Å². The molecular formula is C15H14O. The van der Waals surface area contributed by atoms with Gasteiger partial charge in [-0.15, -0.1) is 0 Å². The zero-order valence-electron chi connectivity index (χ0n) is 9.42. The van der Waals surface area contributed by atoms with Crippen molar-refractivity contribution in [3.8, 4) is 23.7 Å². The predicted molar refractivity (Wildman–Crippen MR) is 65.8 cm³/mol. The molecule has 0 amide bonds. The molecule has 0 fully saturated rings. The largest absolute Gasteiger partial charge is 0.279 e. The molecule has 1 aromatic carbocycles. The van der Waals surface area contributed by atoms with Gasteiger partial charge in [-0.3, -0.25) is 4.79 Å². The van der Waals surface area contributed by atoms with Gasteiger partial charge in [-0.2, -0.15) is 0 Å². The van der Waals surface area contributed by atoms with E-state index in [4.69, 9.17) is 0 Å². The van der Waals surface area contributed by atoms with E-state index in [1.165, 1.54) is 0 Å². The van der Waals surface area contributed by atoms with Gasteiger partial charge < -0.3 is 0 Å². The standard InChI is InChI=1S/C15H14O/c1-2-3-4-5-6-10-13-15(16)14-11-8-7-9-12-14/h7-9,11-12H,2-4H2,1H3. The Bertz CT molecular complexity index is 449. The molecule has 16 heavy (non-hydrogen) atoms. The molecule has 0 unspecified atom stereocenters. The van der Waals surface area contributed by atoms with Gasteiger partial charge in [0.25, 0.3) is 0 Å². The third-order valence-electron chi connectivity index (χ3n) is 2.02. The summed E-state index contributed by atoms with van der Waals surface area (Å²) in [6, 6.07) is 9.02. The van der Waals surface area contributed by atoms with Gasteiger partial charge in [-0.05, 0) is 24.2 Å². The van der Waals surface area contributed by atoms with Crippen LogP contribution in [0.2, 0.25) is 0 Å². The molecule has 0 radical (unpaired) electrons. The number of hydrogen-bond donors (Lipinski definition) is 0. The van der Waals surface area contributed by atoms with Gasteiger partial charge in [0.05, 0.1) is 0 Å². The third kappa shape index (κ3) is 4.49. The summed E-state index contributed by atoms with van der Waals surface area (Å²) in [4.78, 5) is 11.5. The van der Waals surface area contributed by atoms with Crippen molar-refractivity contribution in [1.29, 1.82) is 0 Å². The fraction of sp³-hybridized carbons (Fsp3) is 0.267. The summed E-state index contributed by atoms with van der Waals surface area (Å²) < 4.78 is 0. The number of Topliss-reactive ketones (excluding diaryl/α,β-unsaturated/α-hetero) is 1. The molecule has 0 aliphatic rings. The van der Waals surface area contributed by atoms with Crippen molar-refractivity contribution in [2.75, 3.05) is 0 Å². The van der Waals surface area contributed by atoms with Gasteiger partial charge in [-0.1, -0.05) is 49.6 Å². The van der Waals surface area contributed by atoms with Gasteiger partial charge >= 0.3 is 0 Å². The second-order valence-electron chi connectivity index (χ2n) is 3.35. The molecule has 1 nitrogen and oxygen atoms in total. The maximum Gasteiger partial charge on any atom is 0.236 e. The molecule has 0 N–H and O–H groups in total. The van der Waals surface area contributed by atoms with Crippen molar-refractivity contribution in [3.63, 3.8) is 0 Å². The van der Waals surface area contributed by atoms with Crippen LogP contribution in [-0.2, 0) is 0 Å². The zero-order valence-corrected chi connectivity index (χ0v) is 9.42. The lowest BCUT2D eigenvalue weighted by Gasteiger charge is -1.89. The summed E-state index contributed by atoms with van der Waals surface area (Å²) in [6.45, 7) is 2.12. The normalized spacial score (nSPS) is 8.31. The quantitative estimate of drug-likeness (QED) is 0.324. The zero-order chi connectivity index (χ0) is 11.6. The van der Waals surface area contributed by atoms with Crippen molar-refractivity contribution in [1.82, 2.24) is 0 Å². The average molecular weight is 210 g/mol. The Hall–Kier alpha value is -1.99. The molecule has 0 saturated carbocycles. The van der Waals surface area contributed by atoms with E-state index in [0.717, 1.165) is 19.3 Å². The summed E-state index contributed by atoms with van der Waals surface area (Å²) in [5, 5.41) is 0. The minimum Gasteiger partial charge on any atom is -0.279 e. The van der Waals surface area contributed by atoms with E-state index in [1.54, 1.807) is 12.1 Å². The summed E-state index contributed by atoms with van der Waals surface area (Å²) in [5.41, 5.74) is 0.616. The van der Waals surface area contributed by atoms with E-state index in [0.29, 0.717) is 5.56 Å². The van der Waals surface area contributed by atoms with Crippen molar-refractivity contribution < 1.29 is 4.79 Å². The Kier molecular flexibility index (Phi) is 5.53. The highest BCUT2D eigenvalue weighted by Crippen LogP contribution is 1.98. The maximum absolute atomic E-state index is 11.5. The fourth-order valence-electron chi connectivity index (χ4n) is 1.12. The van der Waals surface area contributed by atoms with Crippen LogP contribution in [-0.4, -0.2) is 5.78 Å². The number of rotatable bonds is 3. The Balaban J connectivity index is 2.51. The Morgan fingerprint density at radius 1 is 1.19 bits per heavy atom. The van der Waals surface area contributed by atoms with Crippen molar-refractivity contribution in [2.45, 2.75) is 26.2 Å². The highest BCUT2D eigenvalue weighted by Gasteiger charge is 1.97. The van der Waals surface area contributed by atoms with Crippen LogP contribution in [0.4, 0.5) is 0 Å². The van der Waals surface area contributed by atoms with Crippen LogP contribution in [0.3, 0.4) is 0 Å². The highest BCUT2D eigenvalue weighted by atomic mass is 16.1. The molecule has 0 atom stereocenters. The number of ketones is 1. The first-order valence-electron chi connectivity index (χ1n) is 5.43. The maximum atomic E-state index is 11.5. The molecule has 1 rings (SSSR count). The Morgan fingerprint density at radius 2 is 1.94 bits per heavy atom. The molecule has 0 aliphatic carbocycles. The second kappa shape index (κ2) is 7.32. The molecule has 0 heterocycles. The van der Waals surface area contributed by atoms with Crippen LogP contribution in [0.15, 0.2) is 30.3 Å². The molecular weight excluding hydrogens is 196 g/mol. The van der Waals surface area contributed by atoms with Crippen LogP contribution in [0.25, 0.3) is 0 Å². The second-order valence-corrected chi connectivity index (χ2v) is 3.35. The van der Waals surface area contributed by atoms with E-state index in [1.807, 2.05) is 18.2 Å². The molecule has 1 heteroatoms. The molecule has 80 valence electrons. The number of carbonyl (C=O) groups is 1. The smallest absolute Gasteiger partial charge is 0.236 e. The van der Waals surface area contributed by atoms with E-state index < -0.39 is 0 Å². The van der Waals surface area contributed by atoms with Gasteiger partial charge in [0.15, 0.2) is 0 Å². The molecule has 0 saturated heterocycles. The lowest BCUT2D eigenvalue weighted by Crippen LogP contribution is -1.93. The van der Waals surface area contributed by atoms with Crippen LogP contribution < -0.4 is 0 Å². The van der Waals surface area contributed by atoms with E-state index in [-0.39, 0.29) is 5.78 Å². The topological polar surface area (TPSA) is 17.1 Å². The van der Waals surface area contributed by atoms with Crippen molar-refractivity contribution in [2.24, 2.45) is 0 Å². The fourth-order valence-corrected chi connectivity index (χ4v) is 1.12. The first-order chi connectivity index (χ1) is 7.84. The van der Waals surface area contributed by atoms with Crippen LogP contribution in [0, 0.1) is 23.7 Å². The summed E-state index contributed by atoms with van der Waals surface area (Å²) in [7, 11) is 0. The first kappa shape index (κ1) is 12.1. The molecule has 0 bridgehead atoms. The summed E-state index contributed by atoms with van der Waals surface area (Å²) in [5.74, 6) is 10.5. The van der Waals surface area contributed by atoms with Crippen LogP contribution >= 0.6 is 0 Å².